The van der Waals surface area contributed by atoms with Crippen LogP contribution < -0.4 is 11.3 Å². The van der Waals surface area contributed by atoms with Crippen molar-refractivity contribution in [3.63, 3.8) is 0 Å². The van der Waals surface area contributed by atoms with Crippen LogP contribution in [0, 0.1) is 13.8 Å². The molecule has 0 radical (unpaired) electrons. The lowest BCUT2D eigenvalue weighted by atomic mass is 9.99. The van der Waals surface area contributed by atoms with Crippen molar-refractivity contribution in [3.8, 4) is 11.3 Å². The second kappa shape index (κ2) is 7.36. The van der Waals surface area contributed by atoms with Gasteiger partial charge in [-0.05, 0) is 49.2 Å². The Kier molecular flexibility index (Phi) is 4.72. The molecule has 0 aliphatic carbocycles. The SMILES string of the molecule is Cc1ccc(C)c(-c2nn(Cc3ccc(C(N)=O)cc3)c(=O)c3ccccc23)c1. The number of hydrogen-bond acceptors (Lipinski definition) is 3. The Morgan fingerprint density at radius 3 is 2.34 bits per heavy atom. The molecule has 2 N–H and O–H groups in total. The Balaban J connectivity index is 1.89. The quantitative estimate of drug-likeness (QED) is 0.582. The van der Waals surface area contributed by atoms with Gasteiger partial charge in [0.25, 0.3) is 5.56 Å². The lowest BCUT2D eigenvalue weighted by molar-refractivity contribution is 0.100. The van der Waals surface area contributed by atoms with E-state index in [-0.39, 0.29) is 5.56 Å². The number of hydrogen-bond donors (Lipinski definition) is 1. The fraction of sp³-hybridized carbons (Fsp3) is 0.125. The predicted molar refractivity (Wildman–Crippen MR) is 115 cm³/mol. The standard InChI is InChI=1S/C24H21N3O2/c1-15-7-8-16(2)21(13-15)22-19-5-3-4-6-20(19)24(29)27(26-22)14-17-9-11-18(12-10-17)23(25)28/h3-13H,14H2,1-2H3,(H2,25,28). The molecule has 0 aliphatic rings. The Labute approximate surface area is 168 Å². The van der Waals surface area contributed by atoms with E-state index in [0.717, 1.165) is 33.3 Å². The molecule has 0 unspecified atom stereocenters. The zero-order valence-electron chi connectivity index (χ0n) is 16.3. The van der Waals surface area contributed by atoms with Crippen LogP contribution in [0.4, 0.5) is 0 Å². The van der Waals surface area contributed by atoms with Gasteiger partial charge in [0, 0.05) is 16.5 Å². The van der Waals surface area contributed by atoms with Crippen LogP contribution in [0.5, 0.6) is 0 Å². The number of primary amides is 1. The molecular weight excluding hydrogens is 362 g/mol. The van der Waals surface area contributed by atoms with Gasteiger partial charge in [-0.1, -0.05) is 48.0 Å². The van der Waals surface area contributed by atoms with Crippen LogP contribution in [-0.2, 0) is 6.54 Å². The number of nitrogens with two attached hydrogens (primary N) is 1. The van der Waals surface area contributed by atoms with E-state index in [4.69, 9.17) is 10.8 Å². The van der Waals surface area contributed by atoms with E-state index in [2.05, 4.69) is 18.2 Å². The van der Waals surface area contributed by atoms with Crippen LogP contribution in [0.15, 0.2) is 71.5 Å². The van der Waals surface area contributed by atoms with Gasteiger partial charge in [0.2, 0.25) is 5.91 Å². The molecule has 4 rings (SSSR count). The third-order valence-electron chi connectivity index (χ3n) is 5.09. The van der Waals surface area contributed by atoms with Crippen LogP contribution >= 0.6 is 0 Å². The van der Waals surface area contributed by atoms with Crippen molar-refractivity contribution >= 4 is 16.7 Å². The molecule has 0 aliphatic heterocycles. The number of benzene rings is 3. The minimum Gasteiger partial charge on any atom is -0.366 e. The molecule has 0 bridgehead atoms. The number of aromatic nitrogens is 2. The summed E-state index contributed by atoms with van der Waals surface area (Å²) in [6.45, 7) is 4.39. The molecule has 144 valence electrons. The zero-order chi connectivity index (χ0) is 20.5. The van der Waals surface area contributed by atoms with Gasteiger partial charge in [0.05, 0.1) is 17.6 Å². The molecule has 0 saturated heterocycles. The minimum absolute atomic E-state index is 0.145. The van der Waals surface area contributed by atoms with E-state index in [0.29, 0.717) is 17.5 Å². The summed E-state index contributed by atoms with van der Waals surface area (Å²) in [5, 5.41) is 6.21. The van der Waals surface area contributed by atoms with Gasteiger partial charge in [-0.2, -0.15) is 5.10 Å². The average Bonchev–Trinajstić information content (AvgIpc) is 2.72. The van der Waals surface area contributed by atoms with Crippen LogP contribution in [0.1, 0.15) is 27.0 Å². The van der Waals surface area contributed by atoms with Crippen LogP contribution in [-0.4, -0.2) is 15.7 Å². The van der Waals surface area contributed by atoms with Gasteiger partial charge in [-0.25, -0.2) is 4.68 Å². The predicted octanol–water partition coefficient (Wildman–Crippen LogP) is 3.83. The molecule has 0 saturated carbocycles. The lowest BCUT2D eigenvalue weighted by Gasteiger charge is -2.13. The molecular formula is C24H21N3O2. The van der Waals surface area contributed by atoms with Crippen molar-refractivity contribution in [2.75, 3.05) is 0 Å². The maximum absolute atomic E-state index is 13.1. The molecule has 3 aromatic carbocycles. The zero-order valence-corrected chi connectivity index (χ0v) is 16.3. The molecule has 1 amide bonds. The van der Waals surface area contributed by atoms with E-state index < -0.39 is 5.91 Å². The number of nitrogens with zero attached hydrogens (tertiary/aromatic N) is 2. The van der Waals surface area contributed by atoms with Gasteiger partial charge in [0.15, 0.2) is 0 Å². The minimum atomic E-state index is -0.477. The van der Waals surface area contributed by atoms with Crippen molar-refractivity contribution in [1.29, 1.82) is 0 Å². The first-order chi connectivity index (χ1) is 13.9. The van der Waals surface area contributed by atoms with E-state index in [1.165, 1.54) is 4.68 Å². The maximum atomic E-state index is 13.1. The fourth-order valence-corrected chi connectivity index (χ4v) is 3.48. The summed E-state index contributed by atoms with van der Waals surface area (Å²) in [6.07, 6.45) is 0. The van der Waals surface area contributed by atoms with E-state index >= 15 is 0 Å². The number of rotatable bonds is 4. The molecule has 5 nitrogen and oxygen atoms in total. The normalized spacial score (nSPS) is 11.0. The topological polar surface area (TPSA) is 78.0 Å². The first kappa shape index (κ1) is 18.6. The van der Waals surface area contributed by atoms with Crippen LogP contribution in [0.3, 0.4) is 0 Å². The summed E-state index contributed by atoms with van der Waals surface area (Å²) in [6, 6.07) is 20.7. The molecule has 0 spiro atoms. The van der Waals surface area contributed by atoms with Crippen molar-refractivity contribution in [2.24, 2.45) is 5.73 Å². The molecule has 4 aromatic rings. The number of carbonyl (C=O) groups excluding carboxylic acids is 1. The number of carbonyl (C=O) groups is 1. The third kappa shape index (κ3) is 3.55. The largest absolute Gasteiger partial charge is 0.366 e. The molecule has 0 fully saturated rings. The molecule has 5 heteroatoms. The summed E-state index contributed by atoms with van der Waals surface area (Å²) in [7, 11) is 0. The maximum Gasteiger partial charge on any atom is 0.274 e. The second-order valence-electron chi connectivity index (χ2n) is 7.24. The Morgan fingerprint density at radius 1 is 0.966 bits per heavy atom. The number of amides is 1. The first-order valence-corrected chi connectivity index (χ1v) is 9.40. The summed E-state index contributed by atoms with van der Waals surface area (Å²) in [5.74, 6) is -0.477. The Bertz CT molecular complexity index is 1290. The van der Waals surface area contributed by atoms with E-state index in [9.17, 15) is 9.59 Å². The molecule has 0 atom stereocenters. The van der Waals surface area contributed by atoms with Gasteiger partial charge in [-0.3, -0.25) is 9.59 Å². The van der Waals surface area contributed by atoms with Crippen molar-refractivity contribution in [1.82, 2.24) is 9.78 Å². The highest BCUT2D eigenvalue weighted by Gasteiger charge is 2.14. The van der Waals surface area contributed by atoms with Gasteiger partial charge in [-0.15, -0.1) is 0 Å². The number of fused-ring (bicyclic) bond motifs is 1. The summed E-state index contributed by atoms with van der Waals surface area (Å²) >= 11 is 0. The summed E-state index contributed by atoms with van der Waals surface area (Å²) in [5.41, 5.74) is 10.5. The van der Waals surface area contributed by atoms with Crippen LogP contribution in [0.2, 0.25) is 0 Å². The number of aryl methyl sites for hydroxylation is 2. The van der Waals surface area contributed by atoms with Gasteiger partial charge in [0.1, 0.15) is 0 Å². The smallest absolute Gasteiger partial charge is 0.274 e. The lowest BCUT2D eigenvalue weighted by Crippen LogP contribution is -2.24. The highest BCUT2D eigenvalue weighted by Crippen LogP contribution is 2.28. The van der Waals surface area contributed by atoms with Crippen molar-refractivity contribution in [2.45, 2.75) is 20.4 Å². The van der Waals surface area contributed by atoms with Gasteiger partial charge < -0.3 is 5.73 Å². The highest BCUT2D eigenvalue weighted by molar-refractivity contribution is 5.94. The van der Waals surface area contributed by atoms with Crippen molar-refractivity contribution < 1.29 is 4.79 Å². The Hall–Kier alpha value is -3.73. The molecule has 29 heavy (non-hydrogen) atoms. The van der Waals surface area contributed by atoms with E-state index in [1.807, 2.05) is 38.1 Å². The molecule has 1 aromatic heterocycles. The summed E-state index contributed by atoms with van der Waals surface area (Å²) in [4.78, 5) is 24.4. The Morgan fingerprint density at radius 2 is 1.66 bits per heavy atom. The van der Waals surface area contributed by atoms with Crippen molar-refractivity contribution in [3.05, 3.63) is 99.3 Å². The molecule has 1 heterocycles. The monoisotopic (exact) mass is 383 g/mol. The second-order valence-corrected chi connectivity index (χ2v) is 7.24. The first-order valence-electron chi connectivity index (χ1n) is 9.40. The average molecular weight is 383 g/mol. The fourth-order valence-electron chi connectivity index (χ4n) is 3.48. The highest BCUT2D eigenvalue weighted by atomic mass is 16.1. The third-order valence-corrected chi connectivity index (χ3v) is 5.09. The van der Waals surface area contributed by atoms with Gasteiger partial charge >= 0.3 is 0 Å². The van der Waals surface area contributed by atoms with Crippen LogP contribution in [0.25, 0.3) is 22.0 Å². The van der Waals surface area contributed by atoms with E-state index in [1.54, 1.807) is 24.3 Å². The summed E-state index contributed by atoms with van der Waals surface area (Å²) < 4.78 is 1.48.